The van der Waals surface area contributed by atoms with Crippen LogP contribution >= 0.6 is 12.4 Å². The molecule has 1 rings (SSSR count). The van der Waals surface area contributed by atoms with E-state index in [1.165, 1.54) is 0 Å². The fourth-order valence-electron chi connectivity index (χ4n) is 2.32. The van der Waals surface area contributed by atoms with Gasteiger partial charge in [0, 0.05) is 39.3 Å². The maximum absolute atomic E-state index is 12.1. The summed E-state index contributed by atoms with van der Waals surface area (Å²) >= 11 is 0. The molecule has 0 spiro atoms. The van der Waals surface area contributed by atoms with Crippen LogP contribution < -0.4 is 5.73 Å². The van der Waals surface area contributed by atoms with E-state index in [9.17, 15) is 4.79 Å². The highest BCUT2D eigenvalue weighted by Crippen LogP contribution is 2.24. The first-order valence-corrected chi connectivity index (χ1v) is 6.14. The zero-order chi connectivity index (χ0) is 12.0. The first-order chi connectivity index (χ1) is 7.65. The van der Waals surface area contributed by atoms with E-state index in [1.54, 1.807) is 7.11 Å². The standard InChI is InChI=1S/C12H24N2O2.ClH/c1-14(7-4-8-16-2)12(15)10-5-3-6-11(13)9-10;/h10-11H,3-9,13H2,1-2H3;1H. The molecule has 1 aliphatic rings. The molecule has 0 heterocycles. The molecule has 102 valence electrons. The molecule has 17 heavy (non-hydrogen) atoms. The van der Waals surface area contributed by atoms with Gasteiger partial charge in [-0.15, -0.1) is 12.4 Å². The summed E-state index contributed by atoms with van der Waals surface area (Å²) in [5, 5.41) is 0. The van der Waals surface area contributed by atoms with Gasteiger partial charge in [0.2, 0.25) is 5.91 Å². The van der Waals surface area contributed by atoms with Crippen molar-refractivity contribution in [3.05, 3.63) is 0 Å². The van der Waals surface area contributed by atoms with Crippen LogP contribution in [0.5, 0.6) is 0 Å². The van der Waals surface area contributed by atoms with Gasteiger partial charge in [-0.05, 0) is 25.7 Å². The van der Waals surface area contributed by atoms with Gasteiger partial charge < -0.3 is 15.4 Å². The molecule has 0 aromatic heterocycles. The minimum Gasteiger partial charge on any atom is -0.385 e. The predicted octanol–water partition coefficient (Wildman–Crippen LogP) is 1.42. The number of halogens is 1. The van der Waals surface area contributed by atoms with E-state index in [4.69, 9.17) is 10.5 Å². The smallest absolute Gasteiger partial charge is 0.225 e. The molecule has 0 radical (unpaired) electrons. The lowest BCUT2D eigenvalue weighted by atomic mass is 9.85. The Kier molecular flexibility index (Phi) is 8.56. The lowest BCUT2D eigenvalue weighted by Crippen LogP contribution is -2.39. The van der Waals surface area contributed by atoms with Crippen molar-refractivity contribution in [3.8, 4) is 0 Å². The van der Waals surface area contributed by atoms with Gasteiger partial charge in [-0.1, -0.05) is 6.42 Å². The van der Waals surface area contributed by atoms with Crippen LogP contribution in [0.25, 0.3) is 0 Å². The third-order valence-corrected chi connectivity index (χ3v) is 3.28. The molecule has 0 aromatic carbocycles. The maximum Gasteiger partial charge on any atom is 0.225 e. The van der Waals surface area contributed by atoms with E-state index in [0.717, 1.165) is 38.6 Å². The Morgan fingerprint density at radius 2 is 2.18 bits per heavy atom. The largest absolute Gasteiger partial charge is 0.385 e. The number of carbonyl (C=O) groups excluding carboxylic acids is 1. The maximum atomic E-state index is 12.1. The van der Waals surface area contributed by atoms with Crippen LogP contribution in [0.1, 0.15) is 32.1 Å². The zero-order valence-electron chi connectivity index (χ0n) is 10.9. The van der Waals surface area contributed by atoms with Crippen molar-refractivity contribution in [2.24, 2.45) is 11.7 Å². The molecule has 0 aromatic rings. The van der Waals surface area contributed by atoms with Crippen molar-refractivity contribution >= 4 is 18.3 Å². The van der Waals surface area contributed by atoms with Crippen molar-refractivity contribution in [2.45, 2.75) is 38.1 Å². The van der Waals surface area contributed by atoms with E-state index in [-0.39, 0.29) is 30.3 Å². The van der Waals surface area contributed by atoms with Gasteiger partial charge in [0.1, 0.15) is 0 Å². The highest BCUT2D eigenvalue weighted by atomic mass is 35.5. The van der Waals surface area contributed by atoms with E-state index in [1.807, 2.05) is 11.9 Å². The van der Waals surface area contributed by atoms with Gasteiger partial charge in [-0.3, -0.25) is 4.79 Å². The predicted molar refractivity (Wildman–Crippen MR) is 71.3 cm³/mol. The van der Waals surface area contributed by atoms with Gasteiger partial charge in [0.05, 0.1) is 0 Å². The summed E-state index contributed by atoms with van der Waals surface area (Å²) in [6, 6.07) is 0.218. The van der Waals surface area contributed by atoms with Crippen LogP contribution in [-0.2, 0) is 9.53 Å². The number of hydrogen-bond donors (Lipinski definition) is 1. The molecule has 1 fully saturated rings. The Hall–Kier alpha value is -0.320. The lowest BCUT2D eigenvalue weighted by Gasteiger charge is -2.29. The van der Waals surface area contributed by atoms with Crippen LogP contribution in [0, 0.1) is 5.92 Å². The van der Waals surface area contributed by atoms with Gasteiger partial charge in [0.15, 0.2) is 0 Å². The quantitative estimate of drug-likeness (QED) is 0.764. The number of methoxy groups -OCH3 is 1. The topological polar surface area (TPSA) is 55.6 Å². The van der Waals surface area contributed by atoms with Crippen molar-refractivity contribution in [1.29, 1.82) is 0 Å². The highest BCUT2D eigenvalue weighted by Gasteiger charge is 2.27. The molecule has 1 amide bonds. The van der Waals surface area contributed by atoms with Gasteiger partial charge >= 0.3 is 0 Å². The van der Waals surface area contributed by atoms with Crippen LogP contribution in [-0.4, -0.2) is 44.2 Å². The lowest BCUT2D eigenvalue weighted by molar-refractivity contribution is -0.135. The number of hydrogen-bond acceptors (Lipinski definition) is 3. The first kappa shape index (κ1) is 16.7. The molecule has 5 heteroatoms. The SMILES string of the molecule is COCCCN(C)C(=O)C1CCCC(N)C1.Cl. The molecule has 1 aliphatic carbocycles. The summed E-state index contributed by atoms with van der Waals surface area (Å²) in [4.78, 5) is 13.9. The minimum absolute atomic E-state index is 0. The summed E-state index contributed by atoms with van der Waals surface area (Å²) in [5.41, 5.74) is 5.89. The summed E-state index contributed by atoms with van der Waals surface area (Å²) in [6.07, 6.45) is 4.91. The van der Waals surface area contributed by atoms with Crippen molar-refractivity contribution < 1.29 is 9.53 Å². The average Bonchev–Trinajstić information content (AvgIpc) is 2.28. The Morgan fingerprint density at radius 1 is 1.47 bits per heavy atom. The number of carbonyl (C=O) groups is 1. The molecular weight excluding hydrogens is 240 g/mol. The number of nitrogens with zero attached hydrogens (tertiary/aromatic N) is 1. The van der Waals surface area contributed by atoms with Gasteiger partial charge in [0.25, 0.3) is 0 Å². The highest BCUT2D eigenvalue weighted by molar-refractivity contribution is 5.85. The van der Waals surface area contributed by atoms with Gasteiger partial charge in [-0.25, -0.2) is 0 Å². The molecule has 2 atom stereocenters. The molecule has 2 unspecified atom stereocenters. The molecule has 0 bridgehead atoms. The Labute approximate surface area is 110 Å². The number of rotatable bonds is 5. The number of ether oxygens (including phenoxy) is 1. The summed E-state index contributed by atoms with van der Waals surface area (Å²) in [5.74, 6) is 0.405. The van der Waals surface area contributed by atoms with Crippen LogP contribution in [0.4, 0.5) is 0 Å². The Balaban J connectivity index is 0.00000256. The fraction of sp³-hybridized carbons (Fsp3) is 0.917. The Bertz CT molecular complexity index is 227. The number of amides is 1. The summed E-state index contributed by atoms with van der Waals surface area (Å²) in [7, 11) is 3.56. The van der Waals surface area contributed by atoms with E-state index >= 15 is 0 Å². The van der Waals surface area contributed by atoms with Crippen LogP contribution in [0.2, 0.25) is 0 Å². The van der Waals surface area contributed by atoms with Crippen molar-refractivity contribution in [1.82, 2.24) is 4.90 Å². The first-order valence-electron chi connectivity index (χ1n) is 6.14. The van der Waals surface area contributed by atoms with Crippen LogP contribution in [0.3, 0.4) is 0 Å². The molecule has 2 N–H and O–H groups in total. The second kappa shape index (κ2) is 8.72. The van der Waals surface area contributed by atoms with E-state index < -0.39 is 0 Å². The summed E-state index contributed by atoms with van der Waals surface area (Å²) < 4.78 is 4.98. The Morgan fingerprint density at radius 3 is 2.76 bits per heavy atom. The van der Waals surface area contributed by atoms with Crippen LogP contribution in [0.15, 0.2) is 0 Å². The molecule has 0 aliphatic heterocycles. The van der Waals surface area contributed by atoms with Gasteiger partial charge in [-0.2, -0.15) is 0 Å². The van der Waals surface area contributed by atoms with E-state index in [0.29, 0.717) is 6.61 Å². The van der Waals surface area contributed by atoms with E-state index in [2.05, 4.69) is 0 Å². The number of nitrogens with two attached hydrogens (primary N) is 1. The molecule has 0 saturated heterocycles. The fourth-order valence-corrected chi connectivity index (χ4v) is 2.32. The summed E-state index contributed by atoms with van der Waals surface area (Å²) in [6.45, 7) is 1.49. The average molecular weight is 265 g/mol. The second-order valence-corrected chi connectivity index (χ2v) is 4.73. The molecular formula is C12H25ClN2O2. The third kappa shape index (κ3) is 5.70. The molecule has 1 saturated carbocycles. The second-order valence-electron chi connectivity index (χ2n) is 4.73. The zero-order valence-corrected chi connectivity index (χ0v) is 11.7. The molecule has 4 nitrogen and oxygen atoms in total. The monoisotopic (exact) mass is 264 g/mol. The minimum atomic E-state index is 0. The third-order valence-electron chi connectivity index (χ3n) is 3.28. The van der Waals surface area contributed by atoms with Crippen molar-refractivity contribution in [2.75, 3.05) is 27.3 Å². The van der Waals surface area contributed by atoms with Crippen molar-refractivity contribution in [3.63, 3.8) is 0 Å². The normalized spacial score (nSPS) is 23.9.